The van der Waals surface area contributed by atoms with Gasteiger partial charge in [0.25, 0.3) is 11.1 Å². The van der Waals surface area contributed by atoms with Gasteiger partial charge in [-0.3, -0.25) is 14.3 Å². The molecule has 8 nitrogen and oxygen atoms in total. The van der Waals surface area contributed by atoms with Crippen LogP contribution < -0.4 is 11.1 Å². The first-order valence-corrected chi connectivity index (χ1v) is 11.9. The van der Waals surface area contributed by atoms with Gasteiger partial charge in [0.15, 0.2) is 0 Å². The quantitative estimate of drug-likeness (QED) is 0.375. The predicted octanol–water partition coefficient (Wildman–Crippen LogP) is 3.76. The molecule has 0 radical (unpaired) electrons. The van der Waals surface area contributed by atoms with Crippen LogP contribution in [0.1, 0.15) is 17.0 Å². The van der Waals surface area contributed by atoms with Gasteiger partial charge in [-0.15, -0.1) is 0 Å². The molecule has 0 saturated carbocycles. The van der Waals surface area contributed by atoms with Gasteiger partial charge in [-0.1, -0.05) is 53.8 Å². The minimum Gasteiger partial charge on any atom is -0.306 e. The molecule has 0 aliphatic carbocycles. The maximum absolute atomic E-state index is 13.9. The summed E-state index contributed by atoms with van der Waals surface area (Å²) in [7, 11) is 0. The van der Waals surface area contributed by atoms with Crippen LogP contribution in [0.5, 0.6) is 0 Å². The van der Waals surface area contributed by atoms with Gasteiger partial charge in [0.2, 0.25) is 5.13 Å². The molecule has 0 fully saturated rings. The van der Waals surface area contributed by atoms with E-state index in [1.165, 1.54) is 23.7 Å². The Labute approximate surface area is 203 Å². The van der Waals surface area contributed by atoms with Crippen molar-refractivity contribution in [2.45, 2.75) is 20.0 Å². The highest BCUT2D eigenvalue weighted by Crippen LogP contribution is 2.26. The normalized spacial score (nSPS) is 11.5. The molecule has 0 saturated heterocycles. The molecular formula is C26H20N6O2S. The Kier molecular flexibility index (Phi) is 5.11. The summed E-state index contributed by atoms with van der Waals surface area (Å²) in [4.78, 5) is 40.1. The second kappa shape index (κ2) is 8.44. The summed E-state index contributed by atoms with van der Waals surface area (Å²) >= 11 is 1.45. The highest BCUT2D eigenvalue weighted by molar-refractivity contribution is 7.20. The predicted molar refractivity (Wildman–Crippen MR) is 136 cm³/mol. The molecule has 9 heteroatoms. The van der Waals surface area contributed by atoms with E-state index in [0.717, 1.165) is 15.8 Å². The van der Waals surface area contributed by atoms with Gasteiger partial charge in [0, 0.05) is 18.0 Å². The van der Waals surface area contributed by atoms with Crippen LogP contribution in [0.4, 0.5) is 0 Å². The van der Waals surface area contributed by atoms with E-state index in [4.69, 9.17) is 4.98 Å². The van der Waals surface area contributed by atoms with Crippen molar-refractivity contribution in [3.05, 3.63) is 117 Å². The average molecular weight is 481 g/mol. The van der Waals surface area contributed by atoms with Crippen LogP contribution in [0.2, 0.25) is 0 Å². The molecule has 0 aliphatic heterocycles. The fourth-order valence-corrected chi connectivity index (χ4v) is 5.34. The third kappa shape index (κ3) is 3.66. The van der Waals surface area contributed by atoms with Crippen molar-refractivity contribution in [2.24, 2.45) is 0 Å². The van der Waals surface area contributed by atoms with Crippen LogP contribution >= 0.6 is 11.3 Å². The van der Waals surface area contributed by atoms with Crippen molar-refractivity contribution < 1.29 is 0 Å². The molecule has 2 aromatic carbocycles. The summed E-state index contributed by atoms with van der Waals surface area (Å²) in [5, 5.41) is 1.06. The molecule has 172 valence electrons. The summed E-state index contributed by atoms with van der Waals surface area (Å²) in [6.07, 6.45) is 3.09. The maximum Gasteiger partial charge on any atom is 0.283 e. The number of para-hydroxylation sites is 1. The number of pyridine rings is 1. The third-order valence-corrected chi connectivity index (χ3v) is 7.09. The van der Waals surface area contributed by atoms with Gasteiger partial charge in [-0.2, -0.15) is 4.68 Å². The number of aryl methyl sites for hydroxylation is 1. The topological polar surface area (TPSA) is 87.6 Å². The first-order valence-electron chi connectivity index (χ1n) is 11.1. The van der Waals surface area contributed by atoms with E-state index >= 15 is 0 Å². The van der Waals surface area contributed by atoms with E-state index < -0.39 is 0 Å². The zero-order valence-corrected chi connectivity index (χ0v) is 19.6. The molecule has 6 aromatic rings. The molecule has 0 amide bonds. The minimum atomic E-state index is -0.205. The van der Waals surface area contributed by atoms with E-state index in [0.29, 0.717) is 34.0 Å². The number of hydrogen-bond donors (Lipinski definition) is 0. The number of thiazole rings is 1. The fourth-order valence-electron chi connectivity index (χ4n) is 4.37. The molecule has 0 atom stereocenters. The highest BCUT2D eigenvalue weighted by Gasteiger charge is 2.22. The maximum atomic E-state index is 13.9. The number of rotatable bonds is 5. The van der Waals surface area contributed by atoms with Gasteiger partial charge in [-0.25, -0.2) is 15.0 Å². The molecule has 35 heavy (non-hydrogen) atoms. The number of fused-ring (bicyclic) bond motifs is 2. The lowest BCUT2D eigenvalue weighted by molar-refractivity contribution is 0.610. The third-order valence-electron chi connectivity index (χ3n) is 6.08. The van der Waals surface area contributed by atoms with E-state index in [1.54, 1.807) is 21.5 Å². The Hall–Kier alpha value is -4.37. The van der Waals surface area contributed by atoms with Crippen molar-refractivity contribution in [1.29, 1.82) is 0 Å². The summed E-state index contributed by atoms with van der Waals surface area (Å²) in [6.45, 7) is 2.49. The smallest absolute Gasteiger partial charge is 0.283 e. The van der Waals surface area contributed by atoms with Crippen LogP contribution in [-0.4, -0.2) is 28.9 Å². The van der Waals surface area contributed by atoms with Crippen LogP contribution in [0.3, 0.4) is 0 Å². The lowest BCUT2D eigenvalue weighted by Gasteiger charge is -2.12. The first-order chi connectivity index (χ1) is 17.1. The standard InChI is InChI=1S/C26H20N6O2S/c1-17-24-21(13-23(33)30(17)15-19-11-12-27-16-28-19)31(14-18-7-3-2-4-8-18)32(25(24)34)26-29-20-9-5-6-10-22(20)35-26/h2-13,16H,14-15H2,1H3. The monoisotopic (exact) mass is 480 g/mol. The SMILES string of the molecule is Cc1c2c(=O)n(-c3nc4ccccc4s3)n(Cc3ccccc3)c2cc(=O)n1Cc1ccncn1. The number of aromatic nitrogens is 6. The van der Waals surface area contributed by atoms with Gasteiger partial charge in [-0.05, 0) is 30.7 Å². The Morgan fingerprint density at radius 1 is 0.943 bits per heavy atom. The zero-order chi connectivity index (χ0) is 23.9. The molecule has 0 N–H and O–H groups in total. The largest absolute Gasteiger partial charge is 0.306 e. The van der Waals surface area contributed by atoms with Gasteiger partial charge in [0.05, 0.1) is 39.9 Å². The van der Waals surface area contributed by atoms with Gasteiger partial charge in [0.1, 0.15) is 6.33 Å². The molecule has 4 heterocycles. The molecule has 6 rings (SSSR count). The fraction of sp³-hybridized carbons (Fsp3) is 0.115. The lowest BCUT2D eigenvalue weighted by atomic mass is 10.2. The van der Waals surface area contributed by atoms with Crippen molar-refractivity contribution in [2.75, 3.05) is 0 Å². The van der Waals surface area contributed by atoms with E-state index in [2.05, 4.69) is 9.97 Å². The van der Waals surface area contributed by atoms with E-state index in [9.17, 15) is 9.59 Å². The summed E-state index contributed by atoms with van der Waals surface area (Å²) in [5.41, 5.74) is 3.32. The Morgan fingerprint density at radius 3 is 2.51 bits per heavy atom. The van der Waals surface area contributed by atoms with Gasteiger partial charge >= 0.3 is 0 Å². The number of benzene rings is 2. The average Bonchev–Trinajstić information content (AvgIpc) is 3.41. The Morgan fingerprint density at radius 2 is 1.74 bits per heavy atom. The van der Waals surface area contributed by atoms with Crippen LogP contribution in [0.15, 0.2) is 88.8 Å². The van der Waals surface area contributed by atoms with Crippen molar-refractivity contribution in [3.8, 4) is 5.13 Å². The van der Waals surface area contributed by atoms with E-state index in [-0.39, 0.29) is 17.7 Å². The summed E-state index contributed by atoms with van der Waals surface area (Å²) in [6, 6.07) is 21.0. The Balaban J connectivity index is 1.62. The van der Waals surface area contributed by atoms with Gasteiger partial charge < -0.3 is 4.57 Å². The highest BCUT2D eigenvalue weighted by atomic mass is 32.1. The molecule has 0 bridgehead atoms. The minimum absolute atomic E-state index is 0.197. The molecule has 0 spiro atoms. The first kappa shape index (κ1) is 21.2. The van der Waals surface area contributed by atoms with Crippen molar-refractivity contribution in [3.63, 3.8) is 0 Å². The van der Waals surface area contributed by atoms with E-state index in [1.807, 2.05) is 66.2 Å². The molecule has 0 aliphatic rings. The van der Waals surface area contributed by atoms with Crippen molar-refractivity contribution in [1.82, 2.24) is 28.9 Å². The lowest BCUT2D eigenvalue weighted by Crippen LogP contribution is -2.24. The number of hydrogen-bond acceptors (Lipinski definition) is 6. The Bertz CT molecular complexity index is 1770. The molecular weight excluding hydrogens is 460 g/mol. The molecule has 0 unspecified atom stereocenters. The molecule has 4 aromatic heterocycles. The number of nitrogens with zero attached hydrogens (tertiary/aromatic N) is 6. The van der Waals surface area contributed by atoms with Crippen molar-refractivity contribution >= 4 is 32.5 Å². The summed E-state index contributed by atoms with van der Waals surface area (Å²) < 4.78 is 6.03. The van der Waals surface area contributed by atoms with Crippen LogP contribution in [0.25, 0.3) is 26.3 Å². The summed E-state index contributed by atoms with van der Waals surface area (Å²) in [5.74, 6) is 0. The second-order valence-electron chi connectivity index (χ2n) is 8.24. The zero-order valence-electron chi connectivity index (χ0n) is 18.8. The van der Waals surface area contributed by atoms with Crippen LogP contribution in [0, 0.1) is 6.92 Å². The second-order valence-corrected chi connectivity index (χ2v) is 9.25. The van der Waals surface area contributed by atoms with Crippen LogP contribution in [-0.2, 0) is 13.1 Å².